The molecule has 1 heterocycles. The van der Waals surface area contributed by atoms with Gasteiger partial charge in [-0.1, -0.05) is 18.5 Å². The third kappa shape index (κ3) is 3.60. The molecule has 0 aliphatic rings. The fourth-order valence-corrected chi connectivity index (χ4v) is 2.25. The molecule has 2 rings (SSSR count). The summed E-state index contributed by atoms with van der Waals surface area (Å²) in [5.74, 6) is 0.473. The van der Waals surface area contributed by atoms with E-state index in [1.54, 1.807) is 12.1 Å². The van der Waals surface area contributed by atoms with Crippen molar-refractivity contribution in [2.75, 3.05) is 6.61 Å². The molecule has 118 valence electrons. The molecule has 0 bridgehead atoms. The summed E-state index contributed by atoms with van der Waals surface area (Å²) in [5.41, 5.74) is 1.94. The first-order valence-corrected chi connectivity index (χ1v) is 7.71. The Labute approximate surface area is 135 Å². The lowest BCUT2D eigenvalue weighted by Crippen LogP contribution is -2.32. The first kappa shape index (κ1) is 16.4. The number of halogens is 1. The van der Waals surface area contributed by atoms with Crippen molar-refractivity contribution in [2.45, 2.75) is 33.2 Å². The number of hydrogen-bond acceptors (Lipinski definition) is 3. The van der Waals surface area contributed by atoms with E-state index >= 15 is 0 Å². The van der Waals surface area contributed by atoms with Crippen LogP contribution in [0.15, 0.2) is 24.4 Å². The number of carbonyl (C=O) groups is 1. The standard InChI is InChI=1S/C16H20ClN3O2/c1-4-10(3)19-16(21)12-9-18-20-15(12)11-6-7-14(22-5-2)13(17)8-11/h6-10H,4-5H2,1-3H3,(H,18,20)(H,19,21)/t10-/m1/s1. The lowest BCUT2D eigenvalue weighted by Gasteiger charge is -2.12. The van der Waals surface area contributed by atoms with E-state index in [4.69, 9.17) is 16.3 Å². The van der Waals surface area contributed by atoms with Crippen molar-refractivity contribution in [3.8, 4) is 17.0 Å². The molecular formula is C16H20ClN3O2. The number of aromatic nitrogens is 2. The van der Waals surface area contributed by atoms with Crippen LogP contribution in [0.5, 0.6) is 5.75 Å². The molecule has 0 spiro atoms. The molecule has 0 radical (unpaired) electrons. The number of rotatable bonds is 6. The maximum atomic E-state index is 12.3. The second-order valence-electron chi connectivity index (χ2n) is 5.02. The van der Waals surface area contributed by atoms with Gasteiger partial charge in [-0.05, 0) is 38.5 Å². The van der Waals surface area contributed by atoms with Crippen LogP contribution in [0.4, 0.5) is 0 Å². The van der Waals surface area contributed by atoms with Gasteiger partial charge in [0.1, 0.15) is 5.75 Å². The molecule has 1 amide bonds. The number of ether oxygens (including phenoxy) is 1. The van der Waals surface area contributed by atoms with Gasteiger partial charge < -0.3 is 10.1 Å². The minimum atomic E-state index is -0.150. The Morgan fingerprint density at radius 2 is 2.23 bits per heavy atom. The van der Waals surface area contributed by atoms with Gasteiger partial charge in [-0.15, -0.1) is 0 Å². The zero-order chi connectivity index (χ0) is 16.1. The van der Waals surface area contributed by atoms with E-state index in [-0.39, 0.29) is 11.9 Å². The normalized spacial score (nSPS) is 12.0. The second-order valence-corrected chi connectivity index (χ2v) is 5.43. The number of benzene rings is 1. The van der Waals surface area contributed by atoms with Crippen LogP contribution in [0.1, 0.15) is 37.6 Å². The van der Waals surface area contributed by atoms with E-state index in [0.29, 0.717) is 28.6 Å². The SMILES string of the molecule is CCOc1ccc(-c2[nH]ncc2C(=O)N[C@H](C)CC)cc1Cl. The Morgan fingerprint density at radius 3 is 2.86 bits per heavy atom. The van der Waals surface area contributed by atoms with Crippen LogP contribution < -0.4 is 10.1 Å². The lowest BCUT2D eigenvalue weighted by atomic mass is 10.1. The van der Waals surface area contributed by atoms with Crippen LogP contribution in [0, 0.1) is 0 Å². The Hall–Kier alpha value is -2.01. The van der Waals surface area contributed by atoms with Crippen LogP contribution >= 0.6 is 11.6 Å². The van der Waals surface area contributed by atoms with Gasteiger partial charge in [-0.25, -0.2) is 0 Å². The van der Waals surface area contributed by atoms with Crippen LogP contribution in [-0.4, -0.2) is 28.8 Å². The van der Waals surface area contributed by atoms with Crippen molar-refractivity contribution < 1.29 is 9.53 Å². The minimum absolute atomic E-state index is 0.110. The number of H-pyrrole nitrogens is 1. The van der Waals surface area contributed by atoms with E-state index in [1.807, 2.05) is 26.8 Å². The van der Waals surface area contributed by atoms with Gasteiger partial charge in [-0.2, -0.15) is 5.10 Å². The summed E-state index contributed by atoms with van der Waals surface area (Å²) < 4.78 is 5.42. The summed E-state index contributed by atoms with van der Waals surface area (Å²) in [6, 6.07) is 5.52. The van der Waals surface area contributed by atoms with Gasteiger partial charge in [0, 0.05) is 11.6 Å². The van der Waals surface area contributed by atoms with Crippen LogP contribution in [-0.2, 0) is 0 Å². The molecule has 2 N–H and O–H groups in total. The lowest BCUT2D eigenvalue weighted by molar-refractivity contribution is 0.0940. The number of nitrogens with one attached hydrogen (secondary N) is 2. The van der Waals surface area contributed by atoms with E-state index in [9.17, 15) is 4.79 Å². The summed E-state index contributed by atoms with van der Waals surface area (Å²) in [6.45, 7) is 6.43. The molecule has 0 saturated heterocycles. The van der Waals surface area contributed by atoms with Crippen LogP contribution in [0.2, 0.25) is 5.02 Å². The number of aromatic amines is 1. The Bertz CT molecular complexity index is 655. The average Bonchev–Trinajstić information content (AvgIpc) is 2.99. The molecule has 1 aromatic carbocycles. The molecule has 0 saturated carbocycles. The number of nitrogens with zero attached hydrogens (tertiary/aromatic N) is 1. The summed E-state index contributed by atoms with van der Waals surface area (Å²) in [6.07, 6.45) is 2.39. The number of hydrogen-bond donors (Lipinski definition) is 2. The van der Waals surface area contributed by atoms with Crippen molar-refractivity contribution in [3.05, 3.63) is 35.0 Å². The maximum absolute atomic E-state index is 12.3. The fraction of sp³-hybridized carbons (Fsp3) is 0.375. The molecule has 0 unspecified atom stereocenters. The number of amides is 1. The van der Waals surface area contributed by atoms with Gasteiger partial charge in [0.05, 0.1) is 29.1 Å². The van der Waals surface area contributed by atoms with Gasteiger partial charge in [0.2, 0.25) is 0 Å². The molecule has 1 aromatic heterocycles. The first-order chi connectivity index (χ1) is 10.6. The third-order valence-electron chi connectivity index (χ3n) is 3.39. The second kappa shape index (κ2) is 7.31. The topological polar surface area (TPSA) is 67.0 Å². The molecule has 22 heavy (non-hydrogen) atoms. The summed E-state index contributed by atoms with van der Waals surface area (Å²) in [7, 11) is 0. The highest BCUT2D eigenvalue weighted by Gasteiger charge is 2.17. The van der Waals surface area contributed by atoms with Gasteiger partial charge >= 0.3 is 0 Å². The summed E-state index contributed by atoms with van der Waals surface area (Å²) in [5, 5.41) is 10.3. The van der Waals surface area contributed by atoms with Crippen molar-refractivity contribution in [1.82, 2.24) is 15.5 Å². The number of carbonyl (C=O) groups excluding carboxylic acids is 1. The predicted octanol–water partition coefficient (Wildman–Crippen LogP) is 3.66. The van der Waals surface area contributed by atoms with Crippen LogP contribution in [0.25, 0.3) is 11.3 Å². The quantitative estimate of drug-likeness (QED) is 0.853. The van der Waals surface area contributed by atoms with Gasteiger partial charge in [0.15, 0.2) is 0 Å². The van der Waals surface area contributed by atoms with E-state index in [2.05, 4.69) is 15.5 Å². The smallest absolute Gasteiger partial charge is 0.255 e. The largest absolute Gasteiger partial charge is 0.492 e. The van der Waals surface area contributed by atoms with Crippen molar-refractivity contribution >= 4 is 17.5 Å². The maximum Gasteiger partial charge on any atom is 0.255 e. The molecular weight excluding hydrogens is 302 g/mol. The van der Waals surface area contributed by atoms with Gasteiger partial charge in [-0.3, -0.25) is 9.89 Å². The van der Waals surface area contributed by atoms with E-state index in [1.165, 1.54) is 6.20 Å². The monoisotopic (exact) mass is 321 g/mol. The molecule has 0 aliphatic heterocycles. The van der Waals surface area contributed by atoms with E-state index < -0.39 is 0 Å². The van der Waals surface area contributed by atoms with Crippen molar-refractivity contribution in [3.63, 3.8) is 0 Å². The zero-order valence-electron chi connectivity index (χ0n) is 12.9. The molecule has 1 atom stereocenters. The third-order valence-corrected chi connectivity index (χ3v) is 3.69. The Balaban J connectivity index is 2.29. The molecule has 6 heteroatoms. The highest BCUT2D eigenvalue weighted by atomic mass is 35.5. The fourth-order valence-electron chi connectivity index (χ4n) is 2.01. The average molecular weight is 322 g/mol. The minimum Gasteiger partial charge on any atom is -0.492 e. The molecule has 5 nitrogen and oxygen atoms in total. The highest BCUT2D eigenvalue weighted by molar-refractivity contribution is 6.32. The molecule has 0 aliphatic carbocycles. The first-order valence-electron chi connectivity index (χ1n) is 7.33. The van der Waals surface area contributed by atoms with Crippen molar-refractivity contribution in [1.29, 1.82) is 0 Å². The Kier molecular flexibility index (Phi) is 5.44. The highest BCUT2D eigenvalue weighted by Crippen LogP contribution is 2.31. The van der Waals surface area contributed by atoms with Crippen LogP contribution in [0.3, 0.4) is 0 Å². The Morgan fingerprint density at radius 1 is 1.45 bits per heavy atom. The van der Waals surface area contributed by atoms with Gasteiger partial charge in [0.25, 0.3) is 5.91 Å². The summed E-state index contributed by atoms with van der Waals surface area (Å²) >= 11 is 6.20. The van der Waals surface area contributed by atoms with Crippen molar-refractivity contribution in [2.24, 2.45) is 0 Å². The molecule has 0 fully saturated rings. The summed E-state index contributed by atoms with van der Waals surface area (Å²) in [4.78, 5) is 12.3. The van der Waals surface area contributed by atoms with E-state index in [0.717, 1.165) is 12.0 Å². The molecule has 2 aromatic rings. The predicted molar refractivity (Wildman–Crippen MR) is 87.4 cm³/mol. The zero-order valence-corrected chi connectivity index (χ0v) is 13.7.